The van der Waals surface area contributed by atoms with E-state index in [0.717, 1.165) is 0 Å². The third-order valence-corrected chi connectivity index (χ3v) is 4.46. The first-order valence-electron chi connectivity index (χ1n) is 8.23. The Morgan fingerprint density at radius 3 is 2.67 bits per heavy atom. The van der Waals surface area contributed by atoms with E-state index in [2.05, 4.69) is 0 Å². The van der Waals surface area contributed by atoms with E-state index in [-0.39, 0.29) is 18.3 Å². The minimum Gasteiger partial charge on any atom is -0.491 e. The number of carbonyl (C=O) groups is 1. The van der Waals surface area contributed by atoms with Crippen LogP contribution in [0.5, 0.6) is 5.75 Å². The summed E-state index contributed by atoms with van der Waals surface area (Å²) in [4.78, 5) is 16.0. The van der Waals surface area contributed by atoms with Crippen molar-refractivity contribution < 1.29 is 23.8 Å². The van der Waals surface area contributed by atoms with Gasteiger partial charge in [0.15, 0.2) is 0 Å². The van der Waals surface area contributed by atoms with E-state index in [1.807, 2.05) is 4.90 Å². The molecule has 0 aromatic heterocycles. The van der Waals surface area contributed by atoms with Crippen molar-refractivity contribution in [3.8, 4) is 5.75 Å². The van der Waals surface area contributed by atoms with Crippen molar-refractivity contribution in [1.29, 1.82) is 0 Å². The van der Waals surface area contributed by atoms with Crippen LogP contribution in [-0.2, 0) is 9.53 Å². The lowest BCUT2D eigenvalue weighted by Crippen LogP contribution is -2.46. The molecule has 1 amide bonds. The van der Waals surface area contributed by atoms with Crippen LogP contribution in [0.15, 0.2) is 24.3 Å². The highest BCUT2D eigenvalue weighted by molar-refractivity contribution is 5.78. The molecule has 0 saturated carbocycles. The number of rotatable bonds is 5. The lowest BCUT2D eigenvalue weighted by atomic mass is 10.1. The Bertz CT molecular complexity index is 562. The first kappa shape index (κ1) is 17.1. The number of carbonyl (C=O) groups excluding carboxylic acids is 1. The number of halogens is 1. The van der Waals surface area contributed by atoms with Crippen LogP contribution in [-0.4, -0.2) is 79.0 Å². The number of benzene rings is 1. The Morgan fingerprint density at radius 1 is 1.25 bits per heavy atom. The van der Waals surface area contributed by atoms with Gasteiger partial charge in [-0.1, -0.05) is 0 Å². The van der Waals surface area contributed by atoms with Crippen molar-refractivity contribution in [3.63, 3.8) is 0 Å². The van der Waals surface area contributed by atoms with Gasteiger partial charge >= 0.3 is 0 Å². The number of β-amino-alcohol motifs (C(OH)–C–C–N with tert-alkyl or cyclic N) is 1. The maximum atomic E-state index is 12.9. The van der Waals surface area contributed by atoms with Crippen molar-refractivity contribution in [2.24, 2.45) is 0 Å². The summed E-state index contributed by atoms with van der Waals surface area (Å²) in [5.41, 5.74) is -0.986. The number of ether oxygens (including phenoxy) is 2. The van der Waals surface area contributed by atoms with E-state index in [4.69, 9.17) is 9.47 Å². The molecule has 1 unspecified atom stereocenters. The van der Waals surface area contributed by atoms with Crippen molar-refractivity contribution in [2.45, 2.75) is 12.0 Å². The van der Waals surface area contributed by atoms with E-state index in [1.54, 1.807) is 4.90 Å². The van der Waals surface area contributed by atoms with Gasteiger partial charge in [-0.05, 0) is 30.7 Å². The summed E-state index contributed by atoms with van der Waals surface area (Å²) in [5.74, 6) is 0.268. The van der Waals surface area contributed by atoms with Gasteiger partial charge in [-0.3, -0.25) is 9.69 Å². The summed E-state index contributed by atoms with van der Waals surface area (Å²) >= 11 is 0. The molecule has 1 aromatic carbocycles. The first-order chi connectivity index (χ1) is 11.5. The van der Waals surface area contributed by atoms with Crippen LogP contribution in [0.25, 0.3) is 0 Å². The maximum absolute atomic E-state index is 12.9. The highest BCUT2D eigenvalue weighted by Crippen LogP contribution is 2.23. The molecular weight excluding hydrogens is 315 g/mol. The van der Waals surface area contributed by atoms with Crippen molar-refractivity contribution >= 4 is 5.91 Å². The smallest absolute Gasteiger partial charge is 0.236 e. The molecule has 3 rings (SSSR count). The second kappa shape index (κ2) is 7.46. The van der Waals surface area contributed by atoms with Gasteiger partial charge in [0.1, 0.15) is 23.8 Å². The highest BCUT2D eigenvalue weighted by atomic mass is 19.1. The van der Waals surface area contributed by atoms with Crippen molar-refractivity contribution in [1.82, 2.24) is 9.80 Å². The number of hydrogen-bond donors (Lipinski definition) is 1. The minimum absolute atomic E-state index is 0.0713. The molecule has 2 aliphatic rings. The van der Waals surface area contributed by atoms with Crippen molar-refractivity contribution in [2.75, 3.05) is 52.5 Å². The zero-order valence-corrected chi connectivity index (χ0v) is 13.6. The molecule has 1 N–H and O–H groups in total. The minimum atomic E-state index is -0.986. The Balaban J connectivity index is 1.46. The van der Waals surface area contributed by atoms with Crippen LogP contribution in [0.4, 0.5) is 4.39 Å². The number of nitrogens with zero attached hydrogens (tertiary/aromatic N) is 2. The monoisotopic (exact) mass is 338 g/mol. The van der Waals surface area contributed by atoms with Gasteiger partial charge in [-0.2, -0.15) is 0 Å². The standard InChI is InChI=1S/C17H23FN2O4/c18-14-1-3-15(4-2-14)24-13-17(22)5-6-19(12-17)11-16(21)20-7-9-23-10-8-20/h1-4,22H,5-13H2. The number of morpholine rings is 1. The van der Waals surface area contributed by atoms with E-state index in [0.29, 0.717) is 58.1 Å². The summed E-state index contributed by atoms with van der Waals surface area (Å²) in [6, 6.07) is 5.71. The van der Waals surface area contributed by atoms with E-state index in [1.165, 1.54) is 24.3 Å². The second-order valence-corrected chi connectivity index (χ2v) is 6.42. The van der Waals surface area contributed by atoms with Crippen LogP contribution in [0.1, 0.15) is 6.42 Å². The van der Waals surface area contributed by atoms with Gasteiger partial charge in [0.25, 0.3) is 0 Å². The zero-order valence-electron chi connectivity index (χ0n) is 13.6. The fourth-order valence-electron chi connectivity index (χ4n) is 3.05. The molecule has 0 aliphatic carbocycles. The molecule has 2 saturated heterocycles. The number of likely N-dealkylation sites (tertiary alicyclic amines) is 1. The van der Waals surface area contributed by atoms with E-state index in [9.17, 15) is 14.3 Å². The quantitative estimate of drug-likeness (QED) is 0.847. The summed E-state index contributed by atoms with van der Waals surface area (Å²) in [7, 11) is 0. The number of amides is 1. The Hall–Kier alpha value is -1.70. The molecule has 0 spiro atoms. The van der Waals surface area contributed by atoms with Gasteiger partial charge < -0.3 is 19.5 Å². The molecule has 0 bridgehead atoms. The summed E-state index contributed by atoms with van der Waals surface area (Å²) < 4.78 is 23.7. The maximum Gasteiger partial charge on any atom is 0.236 e. The van der Waals surface area contributed by atoms with Crippen molar-refractivity contribution in [3.05, 3.63) is 30.1 Å². The van der Waals surface area contributed by atoms with E-state index >= 15 is 0 Å². The van der Waals surface area contributed by atoms with Gasteiger partial charge in [0.2, 0.25) is 5.91 Å². The van der Waals surface area contributed by atoms with Gasteiger partial charge in [0, 0.05) is 26.2 Å². The molecule has 2 heterocycles. The molecule has 1 atom stereocenters. The average molecular weight is 338 g/mol. The van der Waals surface area contributed by atoms with Crippen LogP contribution < -0.4 is 4.74 Å². The molecule has 7 heteroatoms. The fraction of sp³-hybridized carbons (Fsp3) is 0.588. The average Bonchev–Trinajstić information content (AvgIpc) is 2.96. The SMILES string of the molecule is O=C(CN1CCC(O)(COc2ccc(F)cc2)C1)N1CCOCC1. The molecule has 1 aromatic rings. The third kappa shape index (κ3) is 4.43. The zero-order chi connectivity index (χ0) is 17.0. The second-order valence-electron chi connectivity index (χ2n) is 6.42. The Kier molecular flexibility index (Phi) is 5.33. The van der Waals surface area contributed by atoms with Gasteiger partial charge in [0.05, 0.1) is 19.8 Å². The van der Waals surface area contributed by atoms with Crippen LogP contribution in [0.3, 0.4) is 0 Å². The molecule has 132 valence electrons. The molecule has 0 radical (unpaired) electrons. The van der Waals surface area contributed by atoms with E-state index < -0.39 is 5.60 Å². The Morgan fingerprint density at radius 2 is 1.96 bits per heavy atom. The van der Waals surface area contributed by atoms with Crippen LogP contribution in [0, 0.1) is 5.82 Å². The molecule has 6 nitrogen and oxygen atoms in total. The lowest BCUT2D eigenvalue weighted by molar-refractivity contribution is -0.136. The lowest BCUT2D eigenvalue weighted by Gasteiger charge is -2.29. The van der Waals surface area contributed by atoms with Crippen LogP contribution >= 0.6 is 0 Å². The van der Waals surface area contributed by atoms with Gasteiger partial charge in [-0.15, -0.1) is 0 Å². The largest absolute Gasteiger partial charge is 0.491 e. The molecule has 2 aliphatic heterocycles. The predicted molar refractivity (Wildman–Crippen MR) is 85.3 cm³/mol. The topological polar surface area (TPSA) is 62.2 Å². The predicted octanol–water partition coefficient (Wildman–Crippen LogP) is 0.500. The molecule has 2 fully saturated rings. The molecular formula is C17H23FN2O4. The fourth-order valence-corrected chi connectivity index (χ4v) is 3.05. The van der Waals surface area contributed by atoms with Crippen LogP contribution in [0.2, 0.25) is 0 Å². The normalized spacial score (nSPS) is 25.0. The third-order valence-electron chi connectivity index (χ3n) is 4.46. The Labute approximate surface area is 140 Å². The van der Waals surface area contributed by atoms with Gasteiger partial charge in [-0.25, -0.2) is 4.39 Å². The summed E-state index contributed by atoms with van der Waals surface area (Å²) in [6.07, 6.45) is 0.546. The highest BCUT2D eigenvalue weighted by Gasteiger charge is 2.38. The summed E-state index contributed by atoms with van der Waals surface area (Å²) in [6.45, 7) is 3.90. The first-order valence-corrected chi connectivity index (χ1v) is 8.23. The summed E-state index contributed by atoms with van der Waals surface area (Å²) in [5, 5.41) is 10.6. The number of hydrogen-bond acceptors (Lipinski definition) is 5. The molecule has 24 heavy (non-hydrogen) atoms. The number of aliphatic hydroxyl groups is 1.